The lowest BCUT2D eigenvalue weighted by atomic mass is 10.3. The van der Waals surface area contributed by atoms with Crippen molar-refractivity contribution < 1.29 is 0 Å². The molecule has 0 radical (unpaired) electrons. The largest absolute Gasteiger partial charge is 0.396 e. The number of pyridine rings is 1. The molecule has 2 heterocycles. The molecule has 3 N–H and O–H groups in total. The van der Waals surface area contributed by atoms with Gasteiger partial charge in [0.15, 0.2) is 0 Å². The highest BCUT2D eigenvalue weighted by atomic mass is 15.2. The van der Waals surface area contributed by atoms with E-state index < -0.39 is 0 Å². The van der Waals surface area contributed by atoms with Gasteiger partial charge in [-0.3, -0.25) is 4.68 Å². The van der Waals surface area contributed by atoms with Gasteiger partial charge in [-0.1, -0.05) is 0 Å². The second kappa shape index (κ2) is 4.86. The maximum atomic E-state index is 5.83. The quantitative estimate of drug-likeness (QED) is 0.833. The van der Waals surface area contributed by atoms with Gasteiger partial charge >= 0.3 is 0 Å². The van der Waals surface area contributed by atoms with E-state index in [0.29, 0.717) is 5.69 Å². The minimum atomic E-state index is 0.677. The molecule has 0 aliphatic rings. The lowest BCUT2D eigenvalue weighted by Gasteiger charge is -2.08. The van der Waals surface area contributed by atoms with E-state index in [2.05, 4.69) is 15.4 Å². The second-order valence-corrected chi connectivity index (χ2v) is 4.05. The highest BCUT2D eigenvalue weighted by molar-refractivity contribution is 5.61. The number of hydrogen-bond acceptors (Lipinski definition) is 4. The molecule has 5 heteroatoms. The Morgan fingerprint density at radius 3 is 2.88 bits per heavy atom. The van der Waals surface area contributed by atoms with Crippen LogP contribution < -0.4 is 11.1 Å². The summed E-state index contributed by atoms with van der Waals surface area (Å²) in [4.78, 5) is 4.35. The van der Waals surface area contributed by atoms with E-state index in [-0.39, 0.29) is 0 Å². The third-order valence-corrected chi connectivity index (χ3v) is 2.51. The first-order valence-electron chi connectivity index (χ1n) is 5.60. The molecule has 0 atom stereocenters. The molecule has 90 valence electrons. The van der Waals surface area contributed by atoms with Crippen LogP contribution in [0.15, 0.2) is 24.4 Å². The molecule has 0 aliphatic heterocycles. The van der Waals surface area contributed by atoms with E-state index in [0.717, 1.165) is 30.2 Å². The molecule has 0 fully saturated rings. The van der Waals surface area contributed by atoms with Gasteiger partial charge in [-0.25, -0.2) is 4.98 Å². The highest BCUT2D eigenvalue weighted by Gasteiger charge is 2.01. The molecular weight excluding hydrogens is 214 g/mol. The van der Waals surface area contributed by atoms with Gasteiger partial charge in [-0.15, -0.1) is 0 Å². The fraction of sp³-hybridized carbons (Fsp3) is 0.333. The Morgan fingerprint density at radius 2 is 2.18 bits per heavy atom. The minimum Gasteiger partial charge on any atom is -0.396 e. The molecule has 0 unspecified atom stereocenters. The van der Waals surface area contributed by atoms with Gasteiger partial charge in [0.05, 0.1) is 11.4 Å². The third kappa shape index (κ3) is 2.96. The van der Waals surface area contributed by atoms with Crippen LogP contribution in [0, 0.1) is 6.92 Å². The van der Waals surface area contributed by atoms with Crippen LogP contribution in [0.4, 0.5) is 11.5 Å². The van der Waals surface area contributed by atoms with E-state index >= 15 is 0 Å². The average molecular weight is 231 g/mol. The number of nitrogens with zero attached hydrogens (tertiary/aromatic N) is 3. The van der Waals surface area contributed by atoms with Crippen LogP contribution >= 0.6 is 0 Å². The lowest BCUT2D eigenvalue weighted by molar-refractivity contribution is 0.742. The molecule has 5 nitrogen and oxygen atoms in total. The third-order valence-electron chi connectivity index (χ3n) is 2.51. The second-order valence-electron chi connectivity index (χ2n) is 4.05. The van der Waals surface area contributed by atoms with Gasteiger partial charge in [0, 0.05) is 31.9 Å². The molecule has 0 amide bonds. The summed E-state index contributed by atoms with van der Waals surface area (Å²) >= 11 is 0. The molecule has 17 heavy (non-hydrogen) atoms. The molecule has 0 aliphatic carbocycles. The molecule has 0 aromatic carbocycles. The van der Waals surface area contributed by atoms with Crippen LogP contribution in [0.25, 0.3) is 0 Å². The van der Waals surface area contributed by atoms with Gasteiger partial charge in [-0.05, 0) is 25.1 Å². The number of nitrogens with two attached hydrogens (primary N) is 1. The number of anilines is 2. The summed E-state index contributed by atoms with van der Waals surface area (Å²) in [5, 5.41) is 7.53. The maximum absolute atomic E-state index is 5.83. The molecule has 0 spiro atoms. The van der Waals surface area contributed by atoms with Crippen molar-refractivity contribution in [1.82, 2.24) is 14.8 Å². The summed E-state index contributed by atoms with van der Waals surface area (Å²) in [7, 11) is 1.91. The zero-order valence-corrected chi connectivity index (χ0v) is 10.1. The fourth-order valence-corrected chi connectivity index (χ4v) is 1.61. The van der Waals surface area contributed by atoms with Crippen molar-refractivity contribution in [2.75, 3.05) is 17.6 Å². The molecular formula is C12H17N5. The predicted octanol–water partition coefficient (Wildman–Crippen LogP) is 1.36. The Kier molecular flexibility index (Phi) is 3.27. The van der Waals surface area contributed by atoms with Crippen molar-refractivity contribution in [2.45, 2.75) is 13.3 Å². The topological polar surface area (TPSA) is 68.8 Å². The minimum absolute atomic E-state index is 0.677. The average Bonchev–Trinajstić information content (AvgIpc) is 2.69. The normalized spacial score (nSPS) is 10.5. The van der Waals surface area contributed by atoms with E-state index in [1.807, 2.05) is 38.4 Å². The standard InChI is InChI=1S/C12H17N5/c1-9-3-4-11(13)12(15-9)14-7-5-10-6-8-17(2)16-10/h3-4,6,8H,5,7,13H2,1-2H3,(H,14,15). The summed E-state index contributed by atoms with van der Waals surface area (Å²) in [5.74, 6) is 0.751. The van der Waals surface area contributed by atoms with E-state index in [1.165, 1.54) is 0 Å². The van der Waals surface area contributed by atoms with Crippen LogP contribution in [0.1, 0.15) is 11.4 Å². The zero-order valence-electron chi connectivity index (χ0n) is 10.1. The van der Waals surface area contributed by atoms with Crippen LogP contribution in [0.5, 0.6) is 0 Å². The van der Waals surface area contributed by atoms with Crippen molar-refractivity contribution >= 4 is 11.5 Å². The van der Waals surface area contributed by atoms with Gasteiger partial charge in [0.25, 0.3) is 0 Å². The van der Waals surface area contributed by atoms with Gasteiger partial charge in [-0.2, -0.15) is 5.10 Å². The first-order valence-corrected chi connectivity index (χ1v) is 5.60. The van der Waals surface area contributed by atoms with Crippen LogP contribution in [0.2, 0.25) is 0 Å². The summed E-state index contributed by atoms with van der Waals surface area (Å²) in [5.41, 5.74) is 8.52. The van der Waals surface area contributed by atoms with E-state index in [4.69, 9.17) is 5.73 Å². The highest BCUT2D eigenvalue weighted by Crippen LogP contribution is 2.14. The summed E-state index contributed by atoms with van der Waals surface area (Å²) < 4.78 is 1.80. The number of nitrogen functional groups attached to an aromatic ring is 1. The van der Waals surface area contributed by atoms with Crippen LogP contribution in [0.3, 0.4) is 0 Å². The number of hydrogen-bond donors (Lipinski definition) is 2. The van der Waals surface area contributed by atoms with Crippen LogP contribution in [-0.2, 0) is 13.5 Å². The van der Waals surface area contributed by atoms with E-state index in [1.54, 1.807) is 4.68 Å². The Bertz CT molecular complexity index is 503. The summed E-state index contributed by atoms with van der Waals surface area (Å²) in [6.07, 6.45) is 2.80. The molecule has 0 saturated heterocycles. The fourth-order valence-electron chi connectivity index (χ4n) is 1.61. The smallest absolute Gasteiger partial charge is 0.149 e. The number of nitrogens with one attached hydrogen (secondary N) is 1. The molecule has 2 aromatic heterocycles. The van der Waals surface area contributed by atoms with Crippen molar-refractivity contribution in [3.05, 3.63) is 35.8 Å². The molecule has 0 saturated carbocycles. The summed E-state index contributed by atoms with van der Waals surface area (Å²) in [6, 6.07) is 5.78. The number of rotatable bonds is 4. The lowest BCUT2D eigenvalue weighted by Crippen LogP contribution is -2.09. The van der Waals surface area contributed by atoms with Crippen molar-refractivity contribution in [3.63, 3.8) is 0 Å². The SMILES string of the molecule is Cc1ccc(N)c(NCCc2ccn(C)n2)n1. The number of aryl methyl sites for hydroxylation is 2. The van der Waals surface area contributed by atoms with Gasteiger partial charge < -0.3 is 11.1 Å². The van der Waals surface area contributed by atoms with Crippen LogP contribution in [-0.4, -0.2) is 21.3 Å². The van der Waals surface area contributed by atoms with Gasteiger partial charge in [0.1, 0.15) is 5.82 Å². The Labute approximate surface area is 101 Å². The first kappa shape index (κ1) is 11.4. The molecule has 2 aromatic rings. The predicted molar refractivity (Wildman–Crippen MR) is 68.8 cm³/mol. The molecule has 0 bridgehead atoms. The zero-order chi connectivity index (χ0) is 12.3. The Morgan fingerprint density at radius 1 is 1.35 bits per heavy atom. The Balaban J connectivity index is 1.91. The Hall–Kier alpha value is -2.04. The van der Waals surface area contributed by atoms with Crippen molar-refractivity contribution in [2.24, 2.45) is 7.05 Å². The molecule has 2 rings (SSSR count). The first-order chi connectivity index (χ1) is 8.15. The summed E-state index contributed by atoms with van der Waals surface area (Å²) in [6.45, 7) is 2.72. The van der Waals surface area contributed by atoms with Crippen molar-refractivity contribution in [3.8, 4) is 0 Å². The number of aromatic nitrogens is 3. The monoisotopic (exact) mass is 231 g/mol. The maximum Gasteiger partial charge on any atom is 0.149 e. The van der Waals surface area contributed by atoms with Crippen molar-refractivity contribution in [1.29, 1.82) is 0 Å². The van der Waals surface area contributed by atoms with E-state index in [9.17, 15) is 0 Å². The van der Waals surface area contributed by atoms with Gasteiger partial charge in [0.2, 0.25) is 0 Å².